The molecule has 1 fully saturated rings. The molecular formula is C12H16F2N2O3S. The highest BCUT2D eigenvalue weighted by molar-refractivity contribution is 7.89. The lowest BCUT2D eigenvalue weighted by Gasteiger charge is -2.35. The Morgan fingerprint density at radius 1 is 1.35 bits per heavy atom. The molecule has 0 unspecified atom stereocenters. The number of halogens is 2. The smallest absolute Gasteiger partial charge is 0.243 e. The summed E-state index contributed by atoms with van der Waals surface area (Å²) in [5.74, 6) is -2.15. The molecule has 0 saturated heterocycles. The maximum Gasteiger partial charge on any atom is 0.243 e. The maximum absolute atomic E-state index is 13.6. The zero-order valence-corrected chi connectivity index (χ0v) is 11.7. The lowest BCUT2D eigenvalue weighted by Crippen LogP contribution is -2.47. The van der Waals surface area contributed by atoms with Gasteiger partial charge in [-0.1, -0.05) is 0 Å². The molecule has 0 bridgehead atoms. The molecule has 8 heteroatoms. The molecule has 0 amide bonds. The number of hydrogen-bond donors (Lipinski definition) is 2. The van der Waals surface area contributed by atoms with Gasteiger partial charge in [0.2, 0.25) is 10.0 Å². The van der Waals surface area contributed by atoms with Gasteiger partial charge in [-0.3, -0.25) is 0 Å². The number of sulfonamides is 1. The molecule has 5 nitrogen and oxygen atoms in total. The van der Waals surface area contributed by atoms with Crippen LogP contribution < -0.4 is 10.5 Å². The van der Waals surface area contributed by atoms with E-state index in [4.69, 9.17) is 10.5 Å². The fourth-order valence-electron chi connectivity index (χ4n) is 2.07. The molecule has 2 rings (SSSR count). The number of anilines is 1. The van der Waals surface area contributed by atoms with Crippen LogP contribution >= 0.6 is 0 Å². The lowest BCUT2D eigenvalue weighted by molar-refractivity contribution is -0.00476. The van der Waals surface area contributed by atoms with Crippen LogP contribution in [0.25, 0.3) is 0 Å². The van der Waals surface area contributed by atoms with E-state index in [1.54, 1.807) is 0 Å². The number of nitrogen functional groups attached to an aromatic ring is 1. The van der Waals surface area contributed by atoms with Crippen molar-refractivity contribution in [2.24, 2.45) is 0 Å². The molecule has 1 aliphatic rings. The van der Waals surface area contributed by atoms with Crippen molar-refractivity contribution in [3.63, 3.8) is 0 Å². The molecule has 0 spiro atoms. The Morgan fingerprint density at radius 2 is 2.00 bits per heavy atom. The van der Waals surface area contributed by atoms with Crippen LogP contribution in [0.5, 0.6) is 0 Å². The molecule has 1 aromatic rings. The van der Waals surface area contributed by atoms with Gasteiger partial charge in [-0.2, -0.15) is 0 Å². The summed E-state index contributed by atoms with van der Waals surface area (Å²) < 4.78 is 58.3. The Balaban J connectivity index is 2.10. The number of hydrogen-bond acceptors (Lipinski definition) is 4. The van der Waals surface area contributed by atoms with E-state index in [0.29, 0.717) is 25.5 Å². The quantitative estimate of drug-likeness (QED) is 0.806. The number of nitrogens with two attached hydrogens (primary N) is 1. The summed E-state index contributed by atoms with van der Waals surface area (Å²) in [5.41, 5.74) is 4.86. The number of ether oxygens (including phenoxy) is 1. The highest BCUT2D eigenvalue weighted by Gasteiger charge is 2.34. The minimum absolute atomic E-state index is 0.0239. The Bertz CT molecular complexity index is 601. The van der Waals surface area contributed by atoms with Crippen LogP contribution in [0, 0.1) is 11.6 Å². The van der Waals surface area contributed by atoms with Gasteiger partial charge in [0, 0.05) is 18.7 Å². The van der Waals surface area contributed by atoms with Crippen LogP contribution in [-0.2, 0) is 14.8 Å². The van der Waals surface area contributed by atoms with E-state index < -0.39 is 32.2 Å². The normalized spacial score (nSPS) is 22.6. The second-order valence-electron chi connectivity index (χ2n) is 4.67. The summed E-state index contributed by atoms with van der Waals surface area (Å²) in [6.45, 7) is 2.42. The molecule has 3 N–H and O–H groups in total. The predicted octanol–water partition coefficient (Wildman–Crippen LogP) is 1.39. The molecule has 0 heterocycles. The number of nitrogens with one attached hydrogen (secondary N) is 1. The van der Waals surface area contributed by atoms with E-state index in [2.05, 4.69) is 4.72 Å². The third kappa shape index (κ3) is 3.08. The van der Waals surface area contributed by atoms with Crippen molar-refractivity contribution in [3.05, 3.63) is 23.8 Å². The van der Waals surface area contributed by atoms with Gasteiger partial charge < -0.3 is 10.5 Å². The Morgan fingerprint density at radius 3 is 2.60 bits per heavy atom. The summed E-state index contributed by atoms with van der Waals surface area (Å²) in [6, 6.07) is 0.946. The Hall–Kier alpha value is -1.25. The fourth-order valence-corrected chi connectivity index (χ4v) is 3.42. The summed E-state index contributed by atoms with van der Waals surface area (Å²) >= 11 is 0. The van der Waals surface area contributed by atoms with Crippen LogP contribution in [0.3, 0.4) is 0 Å². The predicted molar refractivity (Wildman–Crippen MR) is 69.5 cm³/mol. The van der Waals surface area contributed by atoms with Crippen molar-refractivity contribution in [2.75, 3.05) is 12.3 Å². The summed E-state index contributed by atoms with van der Waals surface area (Å²) in [7, 11) is -4.06. The standard InChI is InChI=1S/C12H16F2N2O3S/c1-2-19-8-3-7(4-8)16-20(17,18)12-6-11(15)9(13)5-10(12)14/h5-8,16H,2-4,15H2,1H3. The second kappa shape index (κ2) is 5.63. The fraction of sp³-hybridized carbons (Fsp3) is 0.500. The average Bonchev–Trinajstić information content (AvgIpc) is 2.31. The van der Waals surface area contributed by atoms with Crippen LogP contribution in [0.2, 0.25) is 0 Å². The van der Waals surface area contributed by atoms with E-state index in [1.807, 2.05) is 6.92 Å². The molecule has 0 atom stereocenters. The van der Waals surface area contributed by atoms with Gasteiger partial charge in [0.25, 0.3) is 0 Å². The van der Waals surface area contributed by atoms with Gasteiger partial charge in [-0.25, -0.2) is 21.9 Å². The topological polar surface area (TPSA) is 81.4 Å². The van der Waals surface area contributed by atoms with Crippen LogP contribution in [0.15, 0.2) is 17.0 Å². The highest BCUT2D eigenvalue weighted by atomic mass is 32.2. The van der Waals surface area contributed by atoms with E-state index in [-0.39, 0.29) is 12.1 Å². The minimum atomic E-state index is -4.06. The maximum atomic E-state index is 13.6. The van der Waals surface area contributed by atoms with Crippen LogP contribution in [0.4, 0.5) is 14.5 Å². The van der Waals surface area contributed by atoms with E-state index in [9.17, 15) is 17.2 Å². The molecule has 0 aliphatic heterocycles. The minimum Gasteiger partial charge on any atom is -0.396 e. The first-order valence-electron chi connectivity index (χ1n) is 6.22. The van der Waals surface area contributed by atoms with Crippen molar-refractivity contribution in [1.29, 1.82) is 0 Å². The third-order valence-corrected chi connectivity index (χ3v) is 4.70. The van der Waals surface area contributed by atoms with Gasteiger partial charge in [-0.15, -0.1) is 0 Å². The zero-order valence-electron chi connectivity index (χ0n) is 10.9. The van der Waals surface area contributed by atoms with Gasteiger partial charge in [0.05, 0.1) is 11.8 Å². The van der Waals surface area contributed by atoms with Gasteiger partial charge in [0.15, 0.2) is 0 Å². The van der Waals surface area contributed by atoms with Crippen molar-refractivity contribution in [1.82, 2.24) is 4.72 Å². The Labute approximate surface area is 116 Å². The summed E-state index contributed by atoms with van der Waals surface area (Å²) in [6.07, 6.45) is 1.09. The van der Waals surface area contributed by atoms with Crippen molar-refractivity contribution in [3.8, 4) is 0 Å². The molecule has 112 valence electrons. The first kappa shape index (κ1) is 15.1. The molecule has 0 radical (unpaired) electrons. The van der Waals surface area contributed by atoms with Crippen molar-refractivity contribution in [2.45, 2.75) is 36.8 Å². The number of rotatable bonds is 5. The molecule has 1 aliphatic carbocycles. The van der Waals surface area contributed by atoms with Gasteiger partial charge in [-0.05, 0) is 25.8 Å². The largest absolute Gasteiger partial charge is 0.396 e. The van der Waals surface area contributed by atoms with E-state index in [0.717, 1.165) is 6.07 Å². The molecule has 0 aromatic heterocycles. The SMILES string of the molecule is CCOC1CC(NS(=O)(=O)c2cc(N)c(F)cc2F)C1. The van der Waals surface area contributed by atoms with E-state index in [1.165, 1.54) is 0 Å². The van der Waals surface area contributed by atoms with Crippen molar-refractivity contribution >= 4 is 15.7 Å². The first-order valence-corrected chi connectivity index (χ1v) is 7.70. The van der Waals surface area contributed by atoms with E-state index >= 15 is 0 Å². The Kier molecular flexibility index (Phi) is 4.26. The van der Waals surface area contributed by atoms with Crippen molar-refractivity contribution < 1.29 is 21.9 Å². The molecule has 1 saturated carbocycles. The van der Waals surface area contributed by atoms with Gasteiger partial charge >= 0.3 is 0 Å². The van der Waals surface area contributed by atoms with Gasteiger partial charge in [0.1, 0.15) is 16.5 Å². The molecule has 1 aromatic carbocycles. The zero-order chi connectivity index (χ0) is 14.9. The third-order valence-electron chi connectivity index (χ3n) is 3.16. The molecule has 20 heavy (non-hydrogen) atoms. The van der Waals surface area contributed by atoms with Crippen LogP contribution in [-0.4, -0.2) is 27.2 Å². The average molecular weight is 306 g/mol. The first-order chi connectivity index (χ1) is 9.33. The monoisotopic (exact) mass is 306 g/mol. The van der Waals surface area contributed by atoms with Crippen LogP contribution in [0.1, 0.15) is 19.8 Å². The lowest BCUT2D eigenvalue weighted by atomic mass is 9.90. The number of benzene rings is 1. The summed E-state index contributed by atoms with van der Waals surface area (Å²) in [4.78, 5) is -0.642. The highest BCUT2D eigenvalue weighted by Crippen LogP contribution is 2.27. The molecular weight excluding hydrogens is 290 g/mol. The summed E-state index contributed by atoms with van der Waals surface area (Å²) in [5, 5.41) is 0. The second-order valence-corrected chi connectivity index (χ2v) is 6.35.